The van der Waals surface area contributed by atoms with E-state index in [0.717, 1.165) is 71.0 Å². The molecule has 0 spiro atoms. The third-order valence-electron chi connectivity index (χ3n) is 5.37. The summed E-state index contributed by atoms with van der Waals surface area (Å²) in [5, 5.41) is 13.3. The zero-order valence-corrected chi connectivity index (χ0v) is 16.1. The van der Waals surface area contributed by atoms with E-state index in [1.807, 2.05) is 6.07 Å². The maximum atomic E-state index is 11.1. The lowest BCUT2D eigenvalue weighted by atomic mass is 9.88. The van der Waals surface area contributed by atoms with Crippen LogP contribution in [0.4, 0.5) is 0 Å². The minimum atomic E-state index is -0.839. The Bertz CT molecular complexity index is 595. The highest BCUT2D eigenvalue weighted by Gasteiger charge is 2.30. The van der Waals surface area contributed by atoms with E-state index in [1.165, 1.54) is 0 Å². The van der Waals surface area contributed by atoms with Crippen LogP contribution < -0.4 is 0 Å². The first-order chi connectivity index (χ1) is 12.4. The Morgan fingerprint density at radius 2 is 2.00 bits per heavy atom. The van der Waals surface area contributed by atoms with Crippen molar-refractivity contribution >= 4 is 5.97 Å². The maximum absolute atomic E-state index is 11.1. The van der Waals surface area contributed by atoms with E-state index in [4.69, 9.17) is 9.84 Å². The van der Waals surface area contributed by atoms with Gasteiger partial charge in [0.05, 0.1) is 13.2 Å². The molecule has 7 heteroatoms. The van der Waals surface area contributed by atoms with Crippen molar-refractivity contribution in [2.75, 3.05) is 52.5 Å². The highest BCUT2D eigenvalue weighted by molar-refractivity contribution is 5.66. The van der Waals surface area contributed by atoms with Gasteiger partial charge in [0.15, 0.2) is 0 Å². The number of carbonyl (C=O) groups is 1. The first-order valence-electron chi connectivity index (χ1n) is 9.69. The molecule has 0 radical (unpaired) electrons. The van der Waals surface area contributed by atoms with Crippen molar-refractivity contribution < 1.29 is 14.6 Å². The lowest BCUT2D eigenvalue weighted by molar-refractivity contribution is -0.137. The van der Waals surface area contributed by atoms with Crippen LogP contribution in [0.15, 0.2) is 12.3 Å². The average molecular weight is 364 g/mol. The van der Waals surface area contributed by atoms with Crippen LogP contribution >= 0.6 is 0 Å². The van der Waals surface area contributed by atoms with Gasteiger partial charge in [-0.25, -0.2) is 0 Å². The molecule has 7 nitrogen and oxygen atoms in total. The number of aromatic nitrogens is 2. The summed E-state index contributed by atoms with van der Waals surface area (Å²) < 4.78 is 7.10. The Morgan fingerprint density at radius 1 is 1.27 bits per heavy atom. The summed E-state index contributed by atoms with van der Waals surface area (Å²) in [4.78, 5) is 16.1. The van der Waals surface area contributed by atoms with Gasteiger partial charge in [0.1, 0.15) is 6.54 Å². The van der Waals surface area contributed by atoms with Gasteiger partial charge in [-0.1, -0.05) is 13.8 Å². The number of aliphatic carboxylic acids is 1. The summed E-state index contributed by atoms with van der Waals surface area (Å²) in [5.41, 5.74) is 1.28. The fraction of sp³-hybridized carbons (Fsp3) is 0.789. The SMILES string of the molecule is CC(C)(CN1CCOCC1)CN1CCC[C@@H](c2ccnn2CC(=O)O)C1. The topological polar surface area (TPSA) is 70.8 Å². The van der Waals surface area contributed by atoms with Crippen molar-refractivity contribution in [3.63, 3.8) is 0 Å². The largest absolute Gasteiger partial charge is 0.480 e. The van der Waals surface area contributed by atoms with E-state index in [2.05, 4.69) is 28.7 Å². The second-order valence-corrected chi connectivity index (χ2v) is 8.43. The molecule has 1 atom stereocenters. The standard InChI is InChI=1S/C19H32N4O3/c1-19(2,14-21-8-10-26-11-9-21)15-22-7-3-4-16(12-22)17-5-6-20-23(17)13-18(24)25/h5-6,16H,3-4,7-15H2,1-2H3,(H,24,25)/t16-/m1/s1. The average Bonchev–Trinajstić information content (AvgIpc) is 3.02. The quantitative estimate of drug-likeness (QED) is 0.791. The fourth-order valence-electron chi connectivity index (χ4n) is 4.41. The summed E-state index contributed by atoms with van der Waals surface area (Å²) >= 11 is 0. The van der Waals surface area contributed by atoms with Gasteiger partial charge >= 0.3 is 5.97 Å². The predicted octanol–water partition coefficient (Wildman–Crippen LogP) is 1.51. The van der Waals surface area contributed by atoms with Crippen LogP contribution in [0.1, 0.15) is 38.3 Å². The normalized spacial score (nSPS) is 23.2. The van der Waals surface area contributed by atoms with E-state index in [-0.39, 0.29) is 12.0 Å². The third-order valence-corrected chi connectivity index (χ3v) is 5.37. The van der Waals surface area contributed by atoms with Gasteiger partial charge in [0.25, 0.3) is 0 Å². The molecule has 146 valence electrons. The van der Waals surface area contributed by atoms with E-state index < -0.39 is 5.97 Å². The fourth-order valence-corrected chi connectivity index (χ4v) is 4.41. The van der Waals surface area contributed by atoms with Crippen LogP contribution in [0.25, 0.3) is 0 Å². The van der Waals surface area contributed by atoms with Crippen LogP contribution in [0.5, 0.6) is 0 Å². The Hall–Kier alpha value is -1.44. The molecule has 0 unspecified atom stereocenters. The van der Waals surface area contributed by atoms with Crippen LogP contribution in [0, 0.1) is 5.41 Å². The molecule has 0 aliphatic carbocycles. The summed E-state index contributed by atoms with van der Waals surface area (Å²) in [6.07, 6.45) is 3.97. The Labute approximate surface area is 155 Å². The molecular formula is C19H32N4O3. The van der Waals surface area contributed by atoms with E-state index >= 15 is 0 Å². The van der Waals surface area contributed by atoms with Crippen molar-refractivity contribution in [2.24, 2.45) is 5.41 Å². The second kappa shape index (κ2) is 8.50. The zero-order chi connectivity index (χ0) is 18.6. The first kappa shape index (κ1) is 19.3. The minimum Gasteiger partial charge on any atom is -0.480 e. The number of carboxylic acids is 1. The monoisotopic (exact) mass is 364 g/mol. The van der Waals surface area contributed by atoms with Crippen molar-refractivity contribution in [1.82, 2.24) is 19.6 Å². The zero-order valence-electron chi connectivity index (χ0n) is 16.1. The molecular weight excluding hydrogens is 332 g/mol. The number of rotatable bonds is 7. The Kier molecular flexibility index (Phi) is 6.32. The third kappa shape index (κ3) is 5.28. The molecule has 1 aromatic heterocycles. The molecule has 0 aromatic carbocycles. The predicted molar refractivity (Wildman–Crippen MR) is 99.3 cm³/mol. The van der Waals surface area contributed by atoms with Crippen molar-refractivity contribution in [2.45, 2.75) is 39.2 Å². The number of morpholine rings is 1. The summed E-state index contributed by atoms with van der Waals surface area (Å²) in [5.74, 6) is -0.473. The van der Waals surface area contributed by atoms with E-state index in [9.17, 15) is 4.79 Å². The number of carboxylic acid groups (broad SMARTS) is 1. The van der Waals surface area contributed by atoms with Crippen LogP contribution in [-0.2, 0) is 16.1 Å². The number of nitrogens with zero attached hydrogens (tertiary/aromatic N) is 4. The molecule has 1 aromatic rings. The van der Waals surface area contributed by atoms with Gasteiger partial charge in [0.2, 0.25) is 0 Å². The summed E-state index contributed by atoms with van der Waals surface area (Å²) in [7, 11) is 0. The lowest BCUT2D eigenvalue weighted by Gasteiger charge is -2.41. The molecule has 26 heavy (non-hydrogen) atoms. The van der Waals surface area contributed by atoms with E-state index in [1.54, 1.807) is 10.9 Å². The van der Waals surface area contributed by atoms with Gasteiger partial charge in [-0.2, -0.15) is 5.10 Å². The number of hydrogen-bond donors (Lipinski definition) is 1. The van der Waals surface area contributed by atoms with Crippen LogP contribution in [0.2, 0.25) is 0 Å². The minimum absolute atomic E-state index is 0.0542. The van der Waals surface area contributed by atoms with Gasteiger partial charge < -0.3 is 14.7 Å². The number of ether oxygens (including phenoxy) is 1. The highest BCUT2D eigenvalue weighted by atomic mass is 16.5. The van der Waals surface area contributed by atoms with Gasteiger partial charge in [-0.05, 0) is 30.9 Å². The van der Waals surface area contributed by atoms with Crippen LogP contribution in [-0.4, -0.2) is 83.1 Å². The molecule has 0 saturated carbocycles. The van der Waals surface area contributed by atoms with E-state index in [0.29, 0.717) is 5.92 Å². The maximum Gasteiger partial charge on any atom is 0.325 e. The number of piperidine rings is 1. The molecule has 0 amide bonds. The molecule has 1 N–H and O–H groups in total. The van der Waals surface area contributed by atoms with Crippen molar-refractivity contribution in [3.05, 3.63) is 18.0 Å². The molecule has 2 aliphatic heterocycles. The Morgan fingerprint density at radius 3 is 2.73 bits per heavy atom. The molecule has 2 saturated heterocycles. The van der Waals surface area contributed by atoms with Gasteiger partial charge in [0, 0.05) is 50.5 Å². The summed E-state index contributed by atoms with van der Waals surface area (Å²) in [6.45, 7) is 12.6. The smallest absolute Gasteiger partial charge is 0.325 e. The Balaban J connectivity index is 1.57. The van der Waals surface area contributed by atoms with Gasteiger partial charge in [-0.15, -0.1) is 0 Å². The lowest BCUT2D eigenvalue weighted by Crippen LogP contribution is -2.47. The van der Waals surface area contributed by atoms with Gasteiger partial charge in [-0.3, -0.25) is 14.4 Å². The molecule has 2 aliphatic rings. The van der Waals surface area contributed by atoms with Crippen molar-refractivity contribution in [3.8, 4) is 0 Å². The molecule has 3 heterocycles. The summed E-state index contributed by atoms with van der Waals surface area (Å²) in [6, 6.07) is 1.98. The highest BCUT2D eigenvalue weighted by Crippen LogP contribution is 2.29. The molecule has 0 bridgehead atoms. The molecule has 3 rings (SSSR count). The van der Waals surface area contributed by atoms with Crippen LogP contribution in [0.3, 0.4) is 0 Å². The number of hydrogen-bond acceptors (Lipinski definition) is 5. The second-order valence-electron chi connectivity index (χ2n) is 8.43. The first-order valence-corrected chi connectivity index (χ1v) is 9.69. The van der Waals surface area contributed by atoms with Crippen molar-refractivity contribution in [1.29, 1.82) is 0 Å². The molecule has 2 fully saturated rings. The number of likely N-dealkylation sites (tertiary alicyclic amines) is 1.